The van der Waals surface area contributed by atoms with Crippen molar-refractivity contribution < 1.29 is 12.8 Å². The number of hydrogen-bond donors (Lipinski definition) is 0. The summed E-state index contributed by atoms with van der Waals surface area (Å²) < 4.78 is 40.7. The van der Waals surface area contributed by atoms with E-state index >= 15 is 0 Å². The summed E-state index contributed by atoms with van der Waals surface area (Å²) in [4.78, 5) is 0.199. The topological polar surface area (TPSA) is 42.3 Å². The van der Waals surface area contributed by atoms with Crippen LogP contribution in [0.25, 0.3) is 0 Å². The van der Waals surface area contributed by atoms with Gasteiger partial charge in [0.1, 0.15) is 10.7 Å². The van der Waals surface area contributed by atoms with Crippen LogP contribution < -0.4 is 0 Å². The van der Waals surface area contributed by atoms with Gasteiger partial charge in [-0.05, 0) is 23.8 Å². The number of aromatic nitrogens is 1. The summed E-state index contributed by atoms with van der Waals surface area (Å²) in [5.74, 6) is -0.104. The molecule has 0 amide bonds. The van der Waals surface area contributed by atoms with Crippen molar-refractivity contribution >= 4 is 21.6 Å². The molecule has 0 N–H and O–H groups in total. The van der Waals surface area contributed by atoms with E-state index < -0.39 is 10.0 Å². The van der Waals surface area contributed by atoms with Gasteiger partial charge in [0, 0.05) is 32.5 Å². The largest absolute Gasteiger partial charge is 0.352 e. The minimum absolute atomic E-state index is 0.174. The zero-order chi connectivity index (χ0) is 15.6. The van der Waals surface area contributed by atoms with Crippen LogP contribution in [0, 0.1) is 5.82 Å². The van der Waals surface area contributed by atoms with Crippen molar-refractivity contribution in [3.05, 3.63) is 53.6 Å². The fourth-order valence-electron chi connectivity index (χ4n) is 1.96. The van der Waals surface area contributed by atoms with Gasteiger partial charge in [-0.2, -0.15) is 4.31 Å². The second-order valence-corrected chi connectivity index (χ2v) is 7.11. The highest BCUT2D eigenvalue weighted by atomic mass is 35.5. The Labute approximate surface area is 128 Å². The van der Waals surface area contributed by atoms with Gasteiger partial charge in [0.2, 0.25) is 10.0 Å². The molecule has 0 radical (unpaired) electrons. The van der Waals surface area contributed by atoms with Crippen molar-refractivity contribution in [1.29, 1.82) is 0 Å². The zero-order valence-corrected chi connectivity index (χ0v) is 13.3. The predicted molar refractivity (Wildman–Crippen MR) is 80.0 cm³/mol. The molecule has 7 heteroatoms. The van der Waals surface area contributed by atoms with Crippen LogP contribution in [0.5, 0.6) is 0 Å². The Morgan fingerprint density at radius 1 is 1.29 bits per heavy atom. The van der Waals surface area contributed by atoms with Gasteiger partial charge in [0.15, 0.2) is 0 Å². The first-order valence-corrected chi connectivity index (χ1v) is 8.24. The average Bonchev–Trinajstić information content (AvgIpc) is 2.83. The highest BCUT2D eigenvalue weighted by molar-refractivity contribution is 7.89. The van der Waals surface area contributed by atoms with E-state index in [1.54, 1.807) is 29.8 Å². The molecule has 0 aliphatic rings. The van der Waals surface area contributed by atoms with Gasteiger partial charge in [0.05, 0.1) is 5.88 Å². The lowest BCUT2D eigenvalue weighted by atomic mass is 10.2. The van der Waals surface area contributed by atoms with E-state index in [0.29, 0.717) is 0 Å². The highest BCUT2D eigenvalue weighted by Gasteiger charge is 2.23. The van der Waals surface area contributed by atoms with Crippen molar-refractivity contribution in [2.24, 2.45) is 7.05 Å². The third kappa shape index (κ3) is 3.45. The SMILES string of the molecule is CN(Cc1ccc(F)cc1)S(=O)(=O)c1cc(CCl)n(C)c1. The molecule has 1 aromatic heterocycles. The van der Waals surface area contributed by atoms with Crippen molar-refractivity contribution in [2.45, 2.75) is 17.3 Å². The molecule has 0 fully saturated rings. The monoisotopic (exact) mass is 330 g/mol. The Balaban J connectivity index is 2.23. The van der Waals surface area contributed by atoms with Gasteiger partial charge < -0.3 is 4.57 Å². The van der Waals surface area contributed by atoms with E-state index in [1.165, 1.54) is 29.7 Å². The molecule has 0 unspecified atom stereocenters. The molecule has 0 aliphatic heterocycles. The van der Waals surface area contributed by atoms with Crippen LogP contribution in [0.15, 0.2) is 41.4 Å². The quantitative estimate of drug-likeness (QED) is 0.791. The minimum atomic E-state index is -3.60. The van der Waals surface area contributed by atoms with Crippen molar-refractivity contribution in [3.8, 4) is 0 Å². The summed E-state index contributed by atoms with van der Waals surface area (Å²) in [7, 11) is -0.360. The fourth-order valence-corrected chi connectivity index (χ4v) is 3.48. The van der Waals surface area contributed by atoms with E-state index in [4.69, 9.17) is 11.6 Å². The molecular weight excluding hydrogens is 315 g/mol. The van der Waals surface area contributed by atoms with Crippen LogP contribution in [0.1, 0.15) is 11.3 Å². The Morgan fingerprint density at radius 3 is 2.43 bits per heavy atom. The van der Waals surface area contributed by atoms with Crippen molar-refractivity contribution in [1.82, 2.24) is 8.87 Å². The summed E-state index contributed by atoms with van der Waals surface area (Å²) in [6.45, 7) is 0.174. The molecule has 4 nitrogen and oxygen atoms in total. The molecule has 0 spiro atoms. The number of alkyl halides is 1. The van der Waals surface area contributed by atoms with E-state index in [9.17, 15) is 12.8 Å². The lowest BCUT2D eigenvalue weighted by Crippen LogP contribution is -2.26. The van der Waals surface area contributed by atoms with Gasteiger partial charge >= 0.3 is 0 Å². The number of benzene rings is 1. The Morgan fingerprint density at radius 2 is 1.90 bits per heavy atom. The Hall–Kier alpha value is -1.37. The molecule has 0 saturated heterocycles. The summed E-state index contributed by atoms with van der Waals surface area (Å²) in [6.07, 6.45) is 1.54. The van der Waals surface area contributed by atoms with Gasteiger partial charge in [0.25, 0.3) is 0 Å². The van der Waals surface area contributed by atoms with Crippen molar-refractivity contribution in [3.63, 3.8) is 0 Å². The molecule has 2 aromatic rings. The van der Waals surface area contributed by atoms with Crippen LogP contribution in [0.4, 0.5) is 4.39 Å². The zero-order valence-electron chi connectivity index (χ0n) is 11.8. The van der Waals surface area contributed by atoms with E-state index in [0.717, 1.165) is 11.3 Å². The molecule has 1 heterocycles. The van der Waals surface area contributed by atoms with Crippen LogP contribution in [-0.2, 0) is 29.5 Å². The summed E-state index contributed by atoms with van der Waals surface area (Å²) >= 11 is 5.75. The molecule has 21 heavy (non-hydrogen) atoms. The van der Waals surface area contributed by atoms with E-state index in [-0.39, 0.29) is 23.1 Å². The van der Waals surface area contributed by atoms with Gasteiger partial charge in [-0.15, -0.1) is 11.6 Å². The first kappa shape index (κ1) is 16.0. The van der Waals surface area contributed by atoms with E-state index in [1.807, 2.05) is 0 Å². The molecule has 1 aromatic carbocycles. The van der Waals surface area contributed by atoms with Gasteiger partial charge in [-0.1, -0.05) is 12.1 Å². The third-order valence-electron chi connectivity index (χ3n) is 3.25. The lowest BCUT2D eigenvalue weighted by Gasteiger charge is -2.16. The fraction of sp³-hybridized carbons (Fsp3) is 0.286. The van der Waals surface area contributed by atoms with Crippen molar-refractivity contribution in [2.75, 3.05) is 7.05 Å². The number of halogens is 2. The number of aryl methyl sites for hydroxylation is 1. The van der Waals surface area contributed by atoms with Crippen LogP contribution in [0.3, 0.4) is 0 Å². The maximum Gasteiger partial charge on any atom is 0.244 e. The van der Waals surface area contributed by atoms with Crippen LogP contribution in [-0.4, -0.2) is 24.3 Å². The molecule has 0 atom stereocenters. The molecule has 114 valence electrons. The Bertz CT molecular complexity index is 726. The molecule has 0 bridgehead atoms. The summed E-state index contributed by atoms with van der Waals surface area (Å²) in [5.41, 5.74) is 1.45. The second kappa shape index (κ2) is 6.17. The van der Waals surface area contributed by atoms with E-state index in [2.05, 4.69) is 0 Å². The number of sulfonamides is 1. The average molecular weight is 331 g/mol. The van der Waals surface area contributed by atoms with Gasteiger partial charge in [-0.25, -0.2) is 12.8 Å². The predicted octanol–water partition coefficient (Wildman–Crippen LogP) is 2.72. The minimum Gasteiger partial charge on any atom is -0.352 e. The smallest absolute Gasteiger partial charge is 0.244 e. The Kier molecular flexibility index (Phi) is 4.70. The molecule has 2 rings (SSSR count). The van der Waals surface area contributed by atoms with Gasteiger partial charge in [-0.3, -0.25) is 0 Å². The maximum absolute atomic E-state index is 12.9. The normalized spacial score (nSPS) is 12.0. The third-order valence-corrected chi connectivity index (χ3v) is 5.29. The highest BCUT2D eigenvalue weighted by Crippen LogP contribution is 2.20. The van der Waals surface area contributed by atoms with Crippen LogP contribution >= 0.6 is 11.6 Å². The lowest BCUT2D eigenvalue weighted by molar-refractivity contribution is 0.466. The first-order valence-electron chi connectivity index (χ1n) is 6.26. The molecule has 0 saturated carbocycles. The summed E-state index contributed by atoms with van der Waals surface area (Å²) in [5, 5.41) is 0. The molecule has 0 aliphatic carbocycles. The number of hydrogen-bond acceptors (Lipinski definition) is 2. The molecular formula is C14H16ClFN2O2S. The number of nitrogens with zero attached hydrogens (tertiary/aromatic N) is 2. The second-order valence-electron chi connectivity index (χ2n) is 4.80. The standard InChI is InChI=1S/C14H16ClFN2O2S/c1-17-10-14(7-13(17)8-15)21(19,20)18(2)9-11-3-5-12(16)6-4-11/h3-7,10H,8-9H2,1-2H3. The number of rotatable bonds is 5. The first-order chi connectivity index (χ1) is 9.84. The van der Waals surface area contributed by atoms with Crippen LogP contribution in [0.2, 0.25) is 0 Å². The summed E-state index contributed by atoms with van der Waals surface area (Å²) in [6, 6.07) is 7.31. The maximum atomic E-state index is 12.9.